The van der Waals surface area contributed by atoms with Crippen molar-refractivity contribution in [1.29, 1.82) is 0 Å². The van der Waals surface area contributed by atoms with Crippen molar-refractivity contribution < 1.29 is 9.53 Å². The topological polar surface area (TPSA) is 76.1 Å². The van der Waals surface area contributed by atoms with Crippen molar-refractivity contribution in [1.82, 2.24) is 9.97 Å². The van der Waals surface area contributed by atoms with E-state index in [1.807, 2.05) is 19.1 Å². The third-order valence-corrected chi connectivity index (χ3v) is 4.63. The fourth-order valence-corrected chi connectivity index (χ4v) is 3.29. The van der Waals surface area contributed by atoms with Gasteiger partial charge in [0.15, 0.2) is 0 Å². The smallest absolute Gasteiger partial charge is 0.274 e. The second kappa shape index (κ2) is 8.65. The van der Waals surface area contributed by atoms with Gasteiger partial charge in [-0.3, -0.25) is 4.79 Å². The van der Waals surface area contributed by atoms with E-state index in [0.29, 0.717) is 29.1 Å². The number of para-hydroxylation sites is 2. The van der Waals surface area contributed by atoms with Crippen LogP contribution >= 0.6 is 0 Å². The summed E-state index contributed by atoms with van der Waals surface area (Å²) in [6.07, 6.45) is 7.29. The van der Waals surface area contributed by atoms with Crippen molar-refractivity contribution in [2.45, 2.75) is 51.5 Å². The zero-order valence-electron chi connectivity index (χ0n) is 15.4. The van der Waals surface area contributed by atoms with Gasteiger partial charge in [-0.05, 0) is 38.0 Å². The summed E-state index contributed by atoms with van der Waals surface area (Å²) in [4.78, 5) is 21.5. The van der Waals surface area contributed by atoms with Crippen molar-refractivity contribution in [3.05, 3.63) is 41.7 Å². The number of amides is 1. The van der Waals surface area contributed by atoms with Gasteiger partial charge in [-0.2, -0.15) is 0 Å². The van der Waals surface area contributed by atoms with Crippen LogP contribution in [0.5, 0.6) is 5.75 Å². The molecule has 1 aromatic heterocycles. The van der Waals surface area contributed by atoms with E-state index in [9.17, 15) is 4.79 Å². The zero-order valence-corrected chi connectivity index (χ0v) is 15.4. The van der Waals surface area contributed by atoms with Crippen LogP contribution in [0, 0.1) is 6.92 Å². The van der Waals surface area contributed by atoms with E-state index in [1.165, 1.54) is 25.7 Å². The summed E-state index contributed by atoms with van der Waals surface area (Å²) < 4.78 is 5.28. The Hall–Kier alpha value is -2.63. The van der Waals surface area contributed by atoms with Crippen LogP contribution in [0.3, 0.4) is 0 Å². The number of ether oxygens (including phenoxy) is 1. The number of aryl methyl sites for hydroxylation is 1. The SMILES string of the molecule is COc1ccccc1NC(=O)c1cc(C)nc(NC2CCCCCC2)n1. The van der Waals surface area contributed by atoms with Crippen LogP contribution in [0.15, 0.2) is 30.3 Å². The molecule has 138 valence electrons. The molecular formula is C20H26N4O2. The second-order valence-electron chi connectivity index (χ2n) is 6.71. The Morgan fingerprint density at radius 3 is 2.58 bits per heavy atom. The lowest BCUT2D eigenvalue weighted by molar-refractivity contribution is 0.102. The van der Waals surface area contributed by atoms with E-state index in [4.69, 9.17) is 4.74 Å². The number of methoxy groups -OCH3 is 1. The average molecular weight is 354 g/mol. The van der Waals surface area contributed by atoms with Gasteiger partial charge in [-0.15, -0.1) is 0 Å². The predicted molar refractivity (Wildman–Crippen MR) is 103 cm³/mol. The molecule has 2 N–H and O–H groups in total. The first kappa shape index (κ1) is 18.2. The lowest BCUT2D eigenvalue weighted by atomic mass is 10.1. The van der Waals surface area contributed by atoms with Crippen molar-refractivity contribution >= 4 is 17.5 Å². The van der Waals surface area contributed by atoms with E-state index in [1.54, 1.807) is 25.3 Å². The molecule has 1 aliphatic rings. The van der Waals surface area contributed by atoms with Crippen LogP contribution in [-0.2, 0) is 0 Å². The molecule has 1 aromatic carbocycles. The number of hydrogen-bond acceptors (Lipinski definition) is 5. The first-order valence-corrected chi connectivity index (χ1v) is 9.22. The number of nitrogens with one attached hydrogen (secondary N) is 2. The van der Waals surface area contributed by atoms with Gasteiger partial charge in [0.05, 0.1) is 12.8 Å². The summed E-state index contributed by atoms with van der Waals surface area (Å²) in [6, 6.07) is 9.39. The first-order valence-electron chi connectivity index (χ1n) is 9.22. The highest BCUT2D eigenvalue weighted by Gasteiger charge is 2.16. The number of anilines is 2. The Morgan fingerprint density at radius 1 is 1.12 bits per heavy atom. The third-order valence-electron chi connectivity index (χ3n) is 4.63. The van der Waals surface area contributed by atoms with E-state index >= 15 is 0 Å². The maximum Gasteiger partial charge on any atom is 0.274 e. The molecule has 6 heteroatoms. The molecule has 0 aliphatic heterocycles. The van der Waals surface area contributed by atoms with Gasteiger partial charge < -0.3 is 15.4 Å². The molecule has 0 radical (unpaired) electrons. The molecule has 6 nitrogen and oxygen atoms in total. The Labute approximate surface area is 154 Å². The molecule has 1 fully saturated rings. The molecular weight excluding hydrogens is 328 g/mol. The van der Waals surface area contributed by atoms with Gasteiger partial charge in [0.1, 0.15) is 11.4 Å². The van der Waals surface area contributed by atoms with Crippen LogP contribution in [0.4, 0.5) is 11.6 Å². The summed E-state index contributed by atoms with van der Waals surface area (Å²) in [5, 5.41) is 6.28. The number of nitrogens with zero attached hydrogens (tertiary/aromatic N) is 2. The minimum absolute atomic E-state index is 0.274. The summed E-state index contributed by atoms with van der Waals surface area (Å²) >= 11 is 0. The number of carbonyl (C=O) groups excluding carboxylic acids is 1. The Kier molecular flexibility index (Phi) is 6.04. The lowest BCUT2D eigenvalue weighted by Crippen LogP contribution is -2.22. The number of benzene rings is 1. The minimum atomic E-state index is -0.274. The second-order valence-corrected chi connectivity index (χ2v) is 6.71. The molecule has 0 unspecified atom stereocenters. The molecule has 26 heavy (non-hydrogen) atoms. The number of hydrogen-bond donors (Lipinski definition) is 2. The Morgan fingerprint density at radius 2 is 1.85 bits per heavy atom. The number of carbonyl (C=O) groups is 1. The molecule has 1 saturated carbocycles. The molecule has 1 aliphatic carbocycles. The summed E-state index contributed by atoms with van der Waals surface area (Å²) in [6.45, 7) is 1.87. The standard InChI is InChI=1S/C20H26N4O2/c1-14-13-17(19(25)23-16-11-7-8-12-18(16)26-2)24-20(21-14)22-15-9-5-3-4-6-10-15/h7-8,11-13,15H,3-6,9-10H2,1-2H3,(H,23,25)(H,21,22,24). The molecule has 3 rings (SSSR count). The van der Waals surface area contributed by atoms with E-state index in [-0.39, 0.29) is 5.91 Å². The lowest BCUT2D eigenvalue weighted by Gasteiger charge is -2.17. The van der Waals surface area contributed by atoms with Gasteiger partial charge >= 0.3 is 0 Å². The fraction of sp³-hybridized carbons (Fsp3) is 0.450. The predicted octanol–water partition coefficient (Wildman–Crippen LogP) is 4.18. The van der Waals surface area contributed by atoms with Crippen LogP contribution in [0.2, 0.25) is 0 Å². The average Bonchev–Trinajstić information content (AvgIpc) is 2.90. The maximum atomic E-state index is 12.6. The quantitative estimate of drug-likeness (QED) is 0.788. The maximum absolute atomic E-state index is 12.6. The summed E-state index contributed by atoms with van der Waals surface area (Å²) in [5.41, 5.74) is 1.73. The summed E-state index contributed by atoms with van der Waals surface area (Å²) in [7, 11) is 1.58. The van der Waals surface area contributed by atoms with Crippen LogP contribution < -0.4 is 15.4 Å². The Bertz CT molecular complexity index is 755. The van der Waals surface area contributed by atoms with E-state index < -0.39 is 0 Å². The van der Waals surface area contributed by atoms with Gasteiger partial charge in [-0.1, -0.05) is 37.8 Å². The highest BCUT2D eigenvalue weighted by molar-refractivity contribution is 6.03. The molecule has 2 aromatic rings. The van der Waals surface area contributed by atoms with Gasteiger partial charge in [0, 0.05) is 11.7 Å². The van der Waals surface area contributed by atoms with E-state index in [0.717, 1.165) is 18.5 Å². The Balaban J connectivity index is 1.74. The molecule has 1 amide bonds. The minimum Gasteiger partial charge on any atom is -0.495 e. The largest absolute Gasteiger partial charge is 0.495 e. The highest BCUT2D eigenvalue weighted by Crippen LogP contribution is 2.24. The zero-order chi connectivity index (χ0) is 18.4. The normalized spacial score (nSPS) is 15.2. The van der Waals surface area contributed by atoms with Gasteiger partial charge in [-0.25, -0.2) is 9.97 Å². The first-order chi connectivity index (χ1) is 12.7. The molecule has 1 heterocycles. The molecule has 0 bridgehead atoms. The molecule has 0 spiro atoms. The van der Waals surface area contributed by atoms with Gasteiger partial charge in [0.25, 0.3) is 5.91 Å². The third kappa shape index (κ3) is 4.71. The molecule has 0 saturated heterocycles. The van der Waals surface area contributed by atoms with E-state index in [2.05, 4.69) is 20.6 Å². The van der Waals surface area contributed by atoms with Crippen LogP contribution in [0.1, 0.15) is 54.7 Å². The van der Waals surface area contributed by atoms with Crippen LogP contribution in [0.25, 0.3) is 0 Å². The van der Waals surface area contributed by atoms with Crippen molar-refractivity contribution in [3.8, 4) is 5.75 Å². The fourth-order valence-electron chi connectivity index (χ4n) is 3.29. The van der Waals surface area contributed by atoms with Crippen molar-refractivity contribution in [2.75, 3.05) is 17.7 Å². The monoisotopic (exact) mass is 354 g/mol. The van der Waals surface area contributed by atoms with Gasteiger partial charge in [0.2, 0.25) is 5.95 Å². The molecule has 0 atom stereocenters. The van der Waals surface area contributed by atoms with Crippen molar-refractivity contribution in [2.24, 2.45) is 0 Å². The van der Waals surface area contributed by atoms with Crippen molar-refractivity contribution in [3.63, 3.8) is 0 Å². The summed E-state index contributed by atoms with van der Waals surface area (Å²) in [5.74, 6) is 0.870. The highest BCUT2D eigenvalue weighted by atomic mass is 16.5. The number of rotatable bonds is 5. The number of aromatic nitrogens is 2. The van der Waals surface area contributed by atoms with Crippen LogP contribution in [-0.4, -0.2) is 29.0 Å².